The predicted octanol–water partition coefficient (Wildman–Crippen LogP) is 0.720. The molecule has 14 heavy (non-hydrogen) atoms. The molecule has 0 heterocycles. The molecule has 1 rings (SSSR count). The minimum atomic E-state index is -1.54. The van der Waals surface area contributed by atoms with E-state index in [0.717, 1.165) is 0 Å². The fraction of sp³-hybridized carbons (Fsp3) is 0.333. The van der Waals surface area contributed by atoms with Gasteiger partial charge in [0.05, 0.1) is 0 Å². The summed E-state index contributed by atoms with van der Waals surface area (Å²) in [6, 6.07) is 6.69. The van der Waals surface area contributed by atoms with Crippen molar-refractivity contribution < 1.29 is 14.8 Å². The maximum Gasteiger partial charge on any atom is 0.492 e. The Bertz CT molecular complexity index is 293. The molecule has 0 aromatic heterocycles. The standard InChI is InChI=1S/C9H12BClO3/c1-2-9(11)14-8-6-4-3-5-7(8)10(12)13/h3-6,9,12-13H,2H2,1H3/t9-/m1/s1. The van der Waals surface area contributed by atoms with Crippen molar-refractivity contribution in [2.75, 3.05) is 0 Å². The number of alkyl halides is 1. The molecule has 2 N–H and O–H groups in total. The zero-order valence-corrected chi connectivity index (χ0v) is 8.61. The van der Waals surface area contributed by atoms with E-state index in [1.165, 1.54) is 0 Å². The van der Waals surface area contributed by atoms with E-state index in [-0.39, 0.29) is 0 Å². The quantitative estimate of drug-likeness (QED) is 0.574. The number of hydrogen-bond acceptors (Lipinski definition) is 3. The molecule has 1 aromatic rings. The number of rotatable bonds is 4. The average Bonchev–Trinajstić information content (AvgIpc) is 2.18. The molecule has 76 valence electrons. The van der Waals surface area contributed by atoms with E-state index in [1.54, 1.807) is 24.3 Å². The monoisotopic (exact) mass is 214 g/mol. The van der Waals surface area contributed by atoms with Crippen LogP contribution < -0.4 is 10.2 Å². The second-order valence-corrected chi connectivity index (χ2v) is 3.33. The summed E-state index contributed by atoms with van der Waals surface area (Å²) in [5, 5.41) is 18.0. The maximum atomic E-state index is 9.02. The third kappa shape index (κ3) is 2.91. The van der Waals surface area contributed by atoms with Gasteiger partial charge >= 0.3 is 7.12 Å². The molecular formula is C9H12BClO3. The molecule has 5 heteroatoms. The van der Waals surface area contributed by atoms with E-state index < -0.39 is 12.7 Å². The minimum Gasteiger partial charge on any atom is -0.475 e. The first kappa shape index (κ1) is 11.4. The summed E-state index contributed by atoms with van der Waals surface area (Å²) in [7, 11) is -1.54. The van der Waals surface area contributed by atoms with Crippen LogP contribution in [0.3, 0.4) is 0 Å². The lowest BCUT2D eigenvalue weighted by molar-refractivity contribution is 0.278. The normalized spacial score (nSPS) is 12.3. The molecule has 0 saturated heterocycles. The maximum absolute atomic E-state index is 9.02. The first-order valence-corrected chi connectivity index (χ1v) is 4.84. The summed E-state index contributed by atoms with van der Waals surface area (Å²) in [6.45, 7) is 1.88. The first-order valence-electron chi connectivity index (χ1n) is 4.41. The van der Waals surface area contributed by atoms with Gasteiger partial charge in [-0.2, -0.15) is 0 Å². The van der Waals surface area contributed by atoms with Gasteiger partial charge in [0, 0.05) is 5.46 Å². The zero-order valence-electron chi connectivity index (χ0n) is 7.85. The number of hydrogen-bond donors (Lipinski definition) is 2. The van der Waals surface area contributed by atoms with Gasteiger partial charge in [0.25, 0.3) is 0 Å². The highest BCUT2D eigenvalue weighted by Gasteiger charge is 2.17. The smallest absolute Gasteiger partial charge is 0.475 e. The molecular weight excluding hydrogens is 202 g/mol. The Kier molecular flexibility index (Phi) is 4.26. The van der Waals surface area contributed by atoms with E-state index in [0.29, 0.717) is 17.6 Å². The lowest BCUT2D eigenvalue weighted by Crippen LogP contribution is -2.32. The van der Waals surface area contributed by atoms with Crippen molar-refractivity contribution >= 4 is 24.2 Å². The summed E-state index contributed by atoms with van der Waals surface area (Å²) in [5.74, 6) is 0.407. The third-order valence-corrected chi connectivity index (χ3v) is 2.17. The Hall–Kier alpha value is -0.705. The van der Waals surface area contributed by atoms with Gasteiger partial charge in [-0.05, 0) is 12.5 Å². The molecule has 0 unspecified atom stereocenters. The molecule has 3 nitrogen and oxygen atoms in total. The van der Waals surface area contributed by atoms with Gasteiger partial charge in [-0.3, -0.25) is 0 Å². The van der Waals surface area contributed by atoms with E-state index in [2.05, 4.69) is 0 Å². The van der Waals surface area contributed by atoms with Crippen molar-refractivity contribution in [3.05, 3.63) is 24.3 Å². The lowest BCUT2D eigenvalue weighted by atomic mass is 9.79. The highest BCUT2D eigenvalue weighted by atomic mass is 35.5. The number of para-hydroxylation sites is 1. The van der Waals surface area contributed by atoms with Gasteiger partial charge in [0.2, 0.25) is 0 Å². The van der Waals surface area contributed by atoms with Crippen LogP contribution in [0.2, 0.25) is 0 Å². The molecule has 0 aliphatic heterocycles. The Morgan fingerprint density at radius 1 is 1.43 bits per heavy atom. The second kappa shape index (κ2) is 5.24. The summed E-state index contributed by atoms with van der Waals surface area (Å²) in [4.78, 5) is 0. The van der Waals surface area contributed by atoms with Crippen LogP contribution in [0, 0.1) is 0 Å². The van der Waals surface area contributed by atoms with Gasteiger partial charge in [0.1, 0.15) is 5.75 Å². The molecule has 0 saturated carbocycles. The van der Waals surface area contributed by atoms with E-state index in [9.17, 15) is 0 Å². The molecule has 1 aromatic carbocycles. The molecule has 0 amide bonds. The van der Waals surface area contributed by atoms with Crippen LogP contribution in [0.1, 0.15) is 13.3 Å². The van der Waals surface area contributed by atoms with Gasteiger partial charge in [-0.1, -0.05) is 36.7 Å². The van der Waals surface area contributed by atoms with Gasteiger partial charge in [-0.15, -0.1) is 0 Å². The van der Waals surface area contributed by atoms with Crippen molar-refractivity contribution in [1.82, 2.24) is 0 Å². The number of ether oxygens (including phenoxy) is 1. The number of benzene rings is 1. The van der Waals surface area contributed by atoms with Gasteiger partial charge < -0.3 is 14.8 Å². The van der Waals surface area contributed by atoms with Gasteiger partial charge in [-0.25, -0.2) is 0 Å². The van der Waals surface area contributed by atoms with Crippen LogP contribution >= 0.6 is 11.6 Å². The second-order valence-electron chi connectivity index (χ2n) is 2.85. The molecule has 1 atom stereocenters. The van der Waals surface area contributed by atoms with Gasteiger partial charge in [0.15, 0.2) is 5.56 Å². The van der Waals surface area contributed by atoms with Crippen LogP contribution in [0.4, 0.5) is 0 Å². The first-order chi connectivity index (χ1) is 6.65. The van der Waals surface area contributed by atoms with Crippen LogP contribution in [0.25, 0.3) is 0 Å². The van der Waals surface area contributed by atoms with Crippen LogP contribution in [0.5, 0.6) is 5.75 Å². The zero-order chi connectivity index (χ0) is 10.6. The molecule has 0 spiro atoms. The van der Waals surface area contributed by atoms with E-state index >= 15 is 0 Å². The Morgan fingerprint density at radius 3 is 2.64 bits per heavy atom. The van der Waals surface area contributed by atoms with Crippen LogP contribution in [0.15, 0.2) is 24.3 Å². The third-order valence-electron chi connectivity index (χ3n) is 1.77. The Labute approximate surface area is 88.4 Å². The Balaban J connectivity index is 2.84. The largest absolute Gasteiger partial charge is 0.492 e. The van der Waals surface area contributed by atoms with Crippen LogP contribution in [-0.2, 0) is 0 Å². The van der Waals surface area contributed by atoms with E-state index in [1.807, 2.05) is 6.92 Å². The molecule has 0 aliphatic carbocycles. The lowest BCUT2D eigenvalue weighted by Gasteiger charge is -2.13. The minimum absolute atomic E-state index is 0.326. The van der Waals surface area contributed by atoms with Crippen molar-refractivity contribution in [2.24, 2.45) is 0 Å². The molecule has 0 fully saturated rings. The predicted molar refractivity (Wildman–Crippen MR) is 56.8 cm³/mol. The highest BCUT2D eigenvalue weighted by Crippen LogP contribution is 2.13. The molecule has 0 radical (unpaired) electrons. The van der Waals surface area contributed by atoms with Crippen LogP contribution in [-0.4, -0.2) is 22.7 Å². The number of halogens is 1. The summed E-state index contributed by atoms with van der Waals surface area (Å²) < 4.78 is 5.30. The Morgan fingerprint density at radius 2 is 2.07 bits per heavy atom. The van der Waals surface area contributed by atoms with Crippen molar-refractivity contribution in [2.45, 2.75) is 18.9 Å². The van der Waals surface area contributed by atoms with Crippen molar-refractivity contribution in [3.63, 3.8) is 0 Å². The summed E-state index contributed by atoms with van der Waals surface area (Å²) in [5.41, 5.74) is -0.124. The van der Waals surface area contributed by atoms with E-state index in [4.69, 9.17) is 26.4 Å². The molecule has 0 aliphatic rings. The molecule has 0 bridgehead atoms. The average molecular weight is 214 g/mol. The summed E-state index contributed by atoms with van der Waals surface area (Å²) >= 11 is 5.79. The van der Waals surface area contributed by atoms with Crippen molar-refractivity contribution in [3.8, 4) is 5.75 Å². The fourth-order valence-corrected chi connectivity index (χ4v) is 1.12. The van der Waals surface area contributed by atoms with Crippen molar-refractivity contribution in [1.29, 1.82) is 0 Å². The topological polar surface area (TPSA) is 49.7 Å². The SMILES string of the molecule is CC[C@H](Cl)Oc1ccccc1B(O)O. The summed E-state index contributed by atoms with van der Waals surface area (Å²) in [6.07, 6.45) is 0.650. The fourth-order valence-electron chi connectivity index (χ4n) is 1.02. The highest BCUT2D eigenvalue weighted by molar-refractivity contribution is 6.59.